The first kappa shape index (κ1) is 63.4. The molecule has 0 aromatic rings. The van der Waals surface area contributed by atoms with Crippen molar-refractivity contribution in [2.24, 2.45) is 0 Å². The molecule has 2 aliphatic heterocycles. The van der Waals surface area contributed by atoms with E-state index < -0.39 is 92.7 Å². The van der Waals surface area contributed by atoms with Crippen LogP contribution in [0.1, 0.15) is 226 Å². The zero-order chi connectivity index (χ0) is 50.3. The van der Waals surface area contributed by atoms with Gasteiger partial charge < -0.3 is 64.2 Å². The first-order chi connectivity index (χ1) is 33.5. The van der Waals surface area contributed by atoms with E-state index in [1.54, 1.807) is 0 Å². The molecular formula is C54H100O15. The molecule has 0 spiro atoms. The number of unbranched alkanes of at least 4 members (excludes halogenated alkanes) is 28. The maximum atomic E-state index is 13.0. The van der Waals surface area contributed by atoms with Crippen LogP contribution in [0, 0.1) is 0 Å². The molecule has 0 radical (unpaired) electrons. The van der Waals surface area contributed by atoms with E-state index in [1.807, 2.05) is 0 Å². The van der Waals surface area contributed by atoms with Gasteiger partial charge >= 0.3 is 11.9 Å². The summed E-state index contributed by atoms with van der Waals surface area (Å²) >= 11 is 0. The molecule has 0 amide bonds. The average molecular weight is 989 g/mol. The maximum Gasteiger partial charge on any atom is 0.306 e. The van der Waals surface area contributed by atoms with Gasteiger partial charge in [0, 0.05) is 12.8 Å². The fraction of sp³-hybridized carbons (Fsp3) is 0.926. The third-order valence-corrected chi connectivity index (χ3v) is 13.5. The molecule has 69 heavy (non-hydrogen) atoms. The highest BCUT2D eigenvalue weighted by Gasteiger charge is 2.47. The van der Waals surface area contributed by atoms with Crippen LogP contribution in [0.2, 0.25) is 0 Å². The van der Waals surface area contributed by atoms with Crippen molar-refractivity contribution in [1.82, 2.24) is 0 Å². The van der Waals surface area contributed by atoms with Gasteiger partial charge in [-0.1, -0.05) is 187 Å². The quantitative estimate of drug-likeness (QED) is 0.0172. The maximum absolute atomic E-state index is 13.0. The van der Waals surface area contributed by atoms with E-state index in [-0.39, 0.29) is 26.1 Å². The Morgan fingerprint density at radius 3 is 1.29 bits per heavy atom. The van der Waals surface area contributed by atoms with Crippen LogP contribution in [0.15, 0.2) is 12.2 Å². The van der Waals surface area contributed by atoms with Crippen molar-refractivity contribution in [2.45, 2.75) is 293 Å². The van der Waals surface area contributed by atoms with Crippen molar-refractivity contribution < 1.29 is 73.8 Å². The zero-order valence-corrected chi connectivity index (χ0v) is 43.1. The third-order valence-electron chi connectivity index (χ3n) is 13.5. The van der Waals surface area contributed by atoms with Crippen LogP contribution in [-0.2, 0) is 38.0 Å². The third kappa shape index (κ3) is 29.5. The summed E-state index contributed by atoms with van der Waals surface area (Å²) in [5, 5.41) is 72.1. The number of aliphatic hydroxyl groups is 7. The Hall–Kier alpha value is -1.76. The Morgan fingerprint density at radius 1 is 0.449 bits per heavy atom. The lowest BCUT2D eigenvalue weighted by Crippen LogP contribution is -2.61. The van der Waals surface area contributed by atoms with E-state index in [2.05, 4.69) is 26.0 Å². The summed E-state index contributed by atoms with van der Waals surface area (Å²) in [5.41, 5.74) is 0. The molecule has 4 unspecified atom stereocenters. The Labute approximate surface area is 416 Å². The number of hydrogen-bond donors (Lipinski definition) is 7. The van der Waals surface area contributed by atoms with Crippen molar-refractivity contribution in [3.63, 3.8) is 0 Å². The molecule has 0 aromatic heterocycles. The van der Waals surface area contributed by atoms with Crippen molar-refractivity contribution >= 4 is 11.9 Å². The lowest BCUT2D eigenvalue weighted by Gasteiger charge is -2.42. The molecule has 0 bridgehead atoms. The lowest BCUT2D eigenvalue weighted by molar-refractivity contribution is -0.332. The highest BCUT2D eigenvalue weighted by molar-refractivity contribution is 5.70. The van der Waals surface area contributed by atoms with E-state index in [0.717, 1.165) is 57.8 Å². The second-order valence-electron chi connectivity index (χ2n) is 19.8. The van der Waals surface area contributed by atoms with Crippen LogP contribution >= 0.6 is 0 Å². The SMILES string of the molecule is CCCCCC/C=C/CCCCCCCC(=O)O[C@@H](COC(=O)CCCCCCCCCCCCCCCCCCCCCC)CO[C@@H]1O[C@H](CO[C@@H]2O[C@H](CO)[C@H](O)C(O)C2O)[C@H](O)C(O)C1O. The first-order valence-corrected chi connectivity index (χ1v) is 27.8. The second kappa shape index (κ2) is 41.7. The predicted molar refractivity (Wildman–Crippen MR) is 266 cm³/mol. The summed E-state index contributed by atoms with van der Waals surface area (Å²) in [6.07, 6.45) is 25.3. The number of allylic oxidation sites excluding steroid dienone is 2. The van der Waals surface area contributed by atoms with Crippen LogP contribution in [-0.4, -0.2) is 142 Å². The molecule has 2 saturated heterocycles. The van der Waals surface area contributed by atoms with Crippen molar-refractivity contribution in [2.75, 3.05) is 26.4 Å². The minimum atomic E-state index is -1.76. The van der Waals surface area contributed by atoms with Crippen LogP contribution < -0.4 is 0 Å². The van der Waals surface area contributed by atoms with Gasteiger partial charge in [-0.2, -0.15) is 0 Å². The monoisotopic (exact) mass is 989 g/mol. The Kier molecular flexibility index (Phi) is 38.3. The molecule has 11 atom stereocenters. The summed E-state index contributed by atoms with van der Waals surface area (Å²) in [7, 11) is 0. The minimum absolute atomic E-state index is 0.159. The van der Waals surface area contributed by atoms with Crippen LogP contribution in [0.5, 0.6) is 0 Å². The second-order valence-corrected chi connectivity index (χ2v) is 19.8. The van der Waals surface area contributed by atoms with E-state index >= 15 is 0 Å². The predicted octanol–water partition coefficient (Wildman–Crippen LogP) is 8.55. The fourth-order valence-electron chi connectivity index (χ4n) is 8.92. The molecule has 2 rings (SSSR count). The summed E-state index contributed by atoms with van der Waals surface area (Å²) in [6, 6.07) is 0. The summed E-state index contributed by atoms with van der Waals surface area (Å²) in [5.74, 6) is -0.922. The van der Waals surface area contributed by atoms with E-state index in [1.165, 1.54) is 128 Å². The number of rotatable bonds is 44. The van der Waals surface area contributed by atoms with Gasteiger partial charge in [0.1, 0.15) is 55.4 Å². The van der Waals surface area contributed by atoms with Crippen LogP contribution in [0.4, 0.5) is 0 Å². The van der Waals surface area contributed by atoms with Crippen molar-refractivity contribution in [3.05, 3.63) is 12.2 Å². The number of carbonyl (C=O) groups is 2. The number of ether oxygens (including phenoxy) is 6. The molecule has 0 aliphatic carbocycles. The van der Waals surface area contributed by atoms with Crippen molar-refractivity contribution in [3.8, 4) is 0 Å². The van der Waals surface area contributed by atoms with Gasteiger partial charge in [-0.25, -0.2) is 0 Å². The molecule has 406 valence electrons. The Balaban J connectivity index is 1.75. The lowest BCUT2D eigenvalue weighted by atomic mass is 9.98. The fourth-order valence-corrected chi connectivity index (χ4v) is 8.92. The topological polar surface area (TPSA) is 231 Å². The molecule has 2 fully saturated rings. The molecule has 2 aliphatic rings. The molecule has 2 heterocycles. The number of hydrogen-bond acceptors (Lipinski definition) is 15. The first-order valence-electron chi connectivity index (χ1n) is 27.8. The summed E-state index contributed by atoms with van der Waals surface area (Å²) in [4.78, 5) is 25.8. The minimum Gasteiger partial charge on any atom is -0.462 e. The smallest absolute Gasteiger partial charge is 0.306 e. The van der Waals surface area contributed by atoms with E-state index in [0.29, 0.717) is 12.8 Å². The van der Waals surface area contributed by atoms with Crippen molar-refractivity contribution in [1.29, 1.82) is 0 Å². The normalized spacial score (nSPS) is 25.6. The Bertz CT molecular complexity index is 1250. The number of carbonyl (C=O) groups excluding carboxylic acids is 2. The standard InChI is InChI=1S/C54H100O15/c1-3-5-7-9-11-13-15-17-18-19-20-21-22-23-25-26-28-30-32-34-36-45(56)64-39-42(67-46(57)37-35-33-31-29-27-24-16-14-12-10-8-6-4-2)40-65-53-52(63)50(61)48(59)44(69-53)41-66-54-51(62)49(60)47(58)43(38-55)68-54/h14,16,42-44,47-55,58-63H,3-13,15,17-41H2,1-2H3/b16-14+/t42-,43+,44+,47-,48-,49?,50?,51?,52?,53+,54+/m0/s1. The molecular weight excluding hydrogens is 889 g/mol. The van der Waals surface area contributed by atoms with Crippen LogP contribution in [0.25, 0.3) is 0 Å². The van der Waals surface area contributed by atoms with Gasteiger partial charge in [0.25, 0.3) is 0 Å². The van der Waals surface area contributed by atoms with Gasteiger partial charge in [-0.3, -0.25) is 9.59 Å². The highest BCUT2D eigenvalue weighted by Crippen LogP contribution is 2.27. The number of aliphatic hydroxyl groups excluding tert-OH is 7. The van der Waals surface area contributed by atoms with Gasteiger partial charge in [0.2, 0.25) is 0 Å². The van der Waals surface area contributed by atoms with Gasteiger partial charge in [0.15, 0.2) is 18.7 Å². The molecule has 15 heteroatoms. The number of esters is 2. The van der Waals surface area contributed by atoms with Crippen LogP contribution in [0.3, 0.4) is 0 Å². The molecule has 0 saturated carbocycles. The highest BCUT2D eigenvalue weighted by atomic mass is 16.7. The largest absolute Gasteiger partial charge is 0.462 e. The molecule has 15 nitrogen and oxygen atoms in total. The summed E-state index contributed by atoms with van der Waals surface area (Å²) in [6.45, 7) is 2.60. The average Bonchev–Trinajstić information content (AvgIpc) is 3.34. The zero-order valence-electron chi connectivity index (χ0n) is 43.1. The molecule has 7 N–H and O–H groups in total. The van der Waals surface area contributed by atoms with E-state index in [4.69, 9.17) is 28.4 Å². The van der Waals surface area contributed by atoms with Gasteiger partial charge in [0.05, 0.1) is 19.8 Å². The summed E-state index contributed by atoms with van der Waals surface area (Å²) < 4.78 is 33.6. The van der Waals surface area contributed by atoms with E-state index in [9.17, 15) is 45.3 Å². The Morgan fingerprint density at radius 2 is 0.826 bits per heavy atom. The van der Waals surface area contributed by atoms with Gasteiger partial charge in [-0.15, -0.1) is 0 Å². The van der Waals surface area contributed by atoms with Gasteiger partial charge in [-0.05, 0) is 38.5 Å². The molecule has 0 aromatic carbocycles.